The maximum atomic E-state index is 13.2. The van der Waals surface area contributed by atoms with Gasteiger partial charge in [-0.15, -0.1) is 0 Å². The highest BCUT2D eigenvalue weighted by Gasteiger charge is 2.44. The van der Waals surface area contributed by atoms with E-state index in [-0.39, 0.29) is 35.6 Å². The van der Waals surface area contributed by atoms with Gasteiger partial charge in [-0.3, -0.25) is 4.79 Å². The SMILES string of the molecule is CC1COCC2COc3c(nc(C(=O)N4CC[C@H](N)C4)nc3C(C)(C)S(C)(=O)=O)N12. The number of morpholine rings is 1. The number of sulfone groups is 1. The van der Waals surface area contributed by atoms with Crippen molar-refractivity contribution in [3.05, 3.63) is 11.5 Å². The van der Waals surface area contributed by atoms with Crippen LogP contribution in [0.15, 0.2) is 0 Å². The normalized spacial score (nSPS) is 26.8. The van der Waals surface area contributed by atoms with E-state index in [4.69, 9.17) is 15.2 Å². The molecule has 3 aliphatic heterocycles. The highest BCUT2D eigenvalue weighted by atomic mass is 32.2. The number of carbonyl (C=O) groups excluding carboxylic acids is 1. The fraction of sp³-hybridized carbons (Fsp3) is 0.737. The van der Waals surface area contributed by atoms with Crippen molar-refractivity contribution in [1.29, 1.82) is 0 Å². The van der Waals surface area contributed by atoms with Gasteiger partial charge in [0.15, 0.2) is 21.4 Å². The summed E-state index contributed by atoms with van der Waals surface area (Å²) in [4.78, 5) is 25.9. The van der Waals surface area contributed by atoms with Gasteiger partial charge in [0.25, 0.3) is 5.91 Å². The van der Waals surface area contributed by atoms with E-state index < -0.39 is 14.6 Å². The number of amides is 1. The first-order valence-corrected chi connectivity index (χ1v) is 12.1. The van der Waals surface area contributed by atoms with E-state index in [1.54, 1.807) is 18.7 Å². The maximum Gasteiger partial charge on any atom is 0.291 e. The Morgan fingerprint density at radius 2 is 1.97 bits per heavy atom. The first-order chi connectivity index (χ1) is 14.0. The molecule has 0 radical (unpaired) electrons. The number of hydrogen-bond donors (Lipinski definition) is 1. The largest absolute Gasteiger partial charge is 0.486 e. The van der Waals surface area contributed by atoms with Crippen molar-refractivity contribution in [2.45, 2.75) is 50.1 Å². The molecule has 2 N–H and O–H groups in total. The molecule has 2 fully saturated rings. The minimum Gasteiger partial charge on any atom is -0.486 e. The Bertz CT molecular complexity index is 966. The van der Waals surface area contributed by atoms with Crippen LogP contribution in [-0.4, -0.2) is 86.5 Å². The molecule has 0 aromatic carbocycles. The van der Waals surface area contributed by atoms with E-state index in [2.05, 4.69) is 14.9 Å². The number of fused-ring (bicyclic) bond motifs is 3. The van der Waals surface area contributed by atoms with Crippen LogP contribution in [0.1, 0.15) is 43.5 Å². The van der Waals surface area contributed by atoms with E-state index >= 15 is 0 Å². The summed E-state index contributed by atoms with van der Waals surface area (Å²) in [5.74, 6) is 0.401. The zero-order valence-corrected chi connectivity index (χ0v) is 18.6. The summed E-state index contributed by atoms with van der Waals surface area (Å²) < 4.78 is 35.5. The molecule has 2 saturated heterocycles. The fourth-order valence-electron chi connectivity index (χ4n) is 4.12. The van der Waals surface area contributed by atoms with Crippen molar-refractivity contribution in [2.24, 2.45) is 5.73 Å². The molecule has 1 aromatic rings. The van der Waals surface area contributed by atoms with Gasteiger partial charge in [0, 0.05) is 25.4 Å². The number of aromatic nitrogens is 2. The van der Waals surface area contributed by atoms with Gasteiger partial charge < -0.3 is 25.0 Å². The van der Waals surface area contributed by atoms with Crippen LogP contribution in [0, 0.1) is 0 Å². The quantitative estimate of drug-likeness (QED) is 0.687. The van der Waals surface area contributed by atoms with Gasteiger partial charge in [-0.1, -0.05) is 0 Å². The molecule has 11 heteroatoms. The lowest BCUT2D eigenvalue weighted by atomic mass is 10.0. The number of ether oxygens (including phenoxy) is 2. The summed E-state index contributed by atoms with van der Waals surface area (Å²) in [5, 5.41) is 0. The molecule has 10 nitrogen and oxygen atoms in total. The second-order valence-corrected chi connectivity index (χ2v) is 11.5. The van der Waals surface area contributed by atoms with Gasteiger partial charge in [-0.25, -0.2) is 18.4 Å². The van der Waals surface area contributed by atoms with Gasteiger partial charge in [0.1, 0.15) is 17.0 Å². The Kier molecular flexibility index (Phi) is 5.18. The first kappa shape index (κ1) is 21.3. The average Bonchev–Trinajstić information content (AvgIpc) is 3.11. The third-order valence-electron chi connectivity index (χ3n) is 6.25. The molecule has 4 heterocycles. The predicted molar refractivity (Wildman–Crippen MR) is 110 cm³/mol. The lowest BCUT2D eigenvalue weighted by Gasteiger charge is -2.45. The summed E-state index contributed by atoms with van der Waals surface area (Å²) >= 11 is 0. The Morgan fingerprint density at radius 3 is 2.60 bits per heavy atom. The Balaban J connectivity index is 1.88. The summed E-state index contributed by atoms with van der Waals surface area (Å²) in [6.45, 7) is 7.42. The second kappa shape index (κ2) is 7.31. The molecule has 4 rings (SSSR count). The van der Waals surface area contributed by atoms with Crippen molar-refractivity contribution < 1.29 is 22.7 Å². The zero-order chi connectivity index (χ0) is 21.8. The molecule has 1 aromatic heterocycles. The van der Waals surface area contributed by atoms with Crippen LogP contribution >= 0.6 is 0 Å². The molecule has 0 saturated carbocycles. The average molecular weight is 440 g/mol. The van der Waals surface area contributed by atoms with Crippen molar-refractivity contribution in [1.82, 2.24) is 14.9 Å². The van der Waals surface area contributed by atoms with Crippen molar-refractivity contribution in [3.63, 3.8) is 0 Å². The summed E-state index contributed by atoms with van der Waals surface area (Å²) in [6.07, 6.45) is 1.87. The topological polar surface area (TPSA) is 128 Å². The summed E-state index contributed by atoms with van der Waals surface area (Å²) in [7, 11) is -3.56. The molecule has 30 heavy (non-hydrogen) atoms. The fourth-order valence-corrected chi connectivity index (χ4v) is 4.61. The van der Waals surface area contributed by atoms with Crippen LogP contribution in [-0.2, 0) is 19.3 Å². The zero-order valence-electron chi connectivity index (χ0n) is 17.8. The van der Waals surface area contributed by atoms with Crippen LogP contribution in [0.5, 0.6) is 5.75 Å². The first-order valence-electron chi connectivity index (χ1n) is 10.2. The maximum absolute atomic E-state index is 13.2. The van der Waals surface area contributed by atoms with Crippen molar-refractivity contribution in [3.8, 4) is 5.75 Å². The van der Waals surface area contributed by atoms with Gasteiger partial charge in [-0.05, 0) is 27.2 Å². The Labute approximate surface area is 176 Å². The molecule has 0 aliphatic carbocycles. The Hall–Kier alpha value is -1.98. The molecule has 2 unspecified atom stereocenters. The number of anilines is 1. The van der Waals surface area contributed by atoms with Crippen LogP contribution in [0.25, 0.3) is 0 Å². The molecule has 166 valence electrons. The number of likely N-dealkylation sites (tertiary alicyclic amines) is 1. The third kappa shape index (κ3) is 3.42. The van der Waals surface area contributed by atoms with E-state index in [9.17, 15) is 13.2 Å². The predicted octanol–water partition coefficient (Wildman–Crippen LogP) is -0.0844. The molecule has 0 spiro atoms. The smallest absolute Gasteiger partial charge is 0.291 e. The molecule has 1 amide bonds. The lowest BCUT2D eigenvalue weighted by molar-refractivity contribution is 0.0480. The number of carbonyl (C=O) groups is 1. The molecule has 0 bridgehead atoms. The highest BCUT2D eigenvalue weighted by molar-refractivity contribution is 7.91. The standard InChI is InChI=1S/C19H29N5O5S/c1-11-8-28-9-13-10-29-14-15(19(2,3)30(4,26)27)21-16(22-17(14)24(11)13)18(25)23-6-5-12(20)7-23/h11-13H,5-10,20H2,1-4H3/t11?,12-,13?/m0/s1. The van der Waals surface area contributed by atoms with Crippen LogP contribution in [0.3, 0.4) is 0 Å². The monoisotopic (exact) mass is 439 g/mol. The van der Waals surface area contributed by atoms with Crippen molar-refractivity contribution in [2.75, 3.05) is 44.1 Å². The van der Waals surface area contributed by atoms with E-state index in [1.165, 1.54) is 0 Å². The van der Waals surface area contributed by atoms with E-state index in [0.29, 0.717) is 50.9 Å². The highest BCUT2D eigenvalue weighted by Crippen LogP contribution is 2.43. The van der Waals surface area contributed by atoms with Gasteiger partial charge in [0.05, 0.1) is 25.3 Å². The van der Waals surface area contributed by atoms with Crippen LogP contribution in [0.2, 0.25) is 0 Å². The van der Waals surface area contributed by atoms with Gasteiger partial charge >= 0.3 is 0 Å². The lowest BCUT2D eigenvalue weighted by Crippen LogP contribution is -2.56. The number of nitrogens with two attached hydrogens (primary N) is 1. The van der Waals surface area contributed by atoms with Gasteiger partial charge in [0.2, 0.25) is 5.82 Å². The molecular weight excluding hydrogens is 410 g/mol. The van der Waals surface area contributed by atoms with Gasteiger partial charge in [-0.2, -0.15) is 0 Å². The third-order valence-corrected chi connectivity index (χ3v) is 8.30. The molecule has 3 atom stereocenters. The van der Waals surface area contributed by atoms with Crippen LogP contribution in [0.4, 0.5) is 5.82 Å². The second-order valence-electron chi connectivity index (χ2n) is 8.89. The van der Waals surface area contributed by atoms with Crippen molar-refractivity contribution >= 4 is 21.6 Å². The molecular formula is C19H29N5O5S. The Morgan fingerprint density at radius 1 is 1.23 bits per heavy atom. The van der Waals surface area contributed by atoms with Crippen LogP contribution < -0.4 is 15.4 Å². The number of nitrogens with zero attached hydrogens (tertiary/aromatic N) is 4. The van der Waals surface area contributed by atoms with E-state index in [1.807, 2.05) is 6.92 Å². The number of hydrogen-bond acceptors (Lipinski definition) is 9. The van der Waals surface area contributed by atoms with E-state index in [0.717, 1.165) is 6.26 Å². The molecule has 3 aliphatic rings. The number of rotatable bonds is 3. The summed E-state index contributed by atoms with van der Waals surface area (Å²) in [6, 6.07) is -0.141. The summed E-state index contributed by atoms with van der Waals surface area (Å²) in [5.41, 5.74) is 6.16. The minimum absolute atomic E-state index is 0.00124. The minimum atomic E-state index is -3.56.